The highest BCUT2D eigenvalue weighted by atomic mass is 79.9. The lowest BCUT2D eigenvalue weighted by atomic mass is 10.2. The molecule has 1 amide bonds. The van der Waals surface area contributed by atoms with E-state index in [-0.39, 0.29) is 10.5 Å². The van der Waals surface area contributed by atoms with E-state index in [4.69, 9.17) is 9.47 Å². The molecule has 0 saturated carbocycles. The first-order chi connectivity index (χ1) is 12.3. The smallest absolute Gasteiger partial charge is 0.255 e. The van der Waals surface area contributed by atoms with Crippen molar-refractivity contribution in [3.63, 3.8) is 0 Å². The molecule has 2 aromatic rings. The molecule has 0 unspecified atom stereocenters. The number of amides is 1. The number of hydrogen-bond donors (Lipinski definition) is 1. The number of ether oxygens (including phenoxy) is 2. The molecular formula is C17H17BrN2O5S. The Morgan fingerprint density at radius 1 is 1.08 bits per heavy atom. The standard InChI is InChI=1S/C17H17BrN2O5S/c1-20(2)26(22,23)16-9-11(3-5-13(16)18)17(21)19-12-4-6-14-15(10-12)25-8-7-24-14/h3-6,9-10H,7-8H2,1-2H3,(H,19,21). The van der Waals surface area contributed by atoms with Gasteiger partial charge in [-0.1, -0.05) is 0 Å². The second-order valence-corrected chi connectivity index (χ2v) is 8.72. The number of hydrogen-bond acceptors (Lipinski definition) is 5. The number of nitrogens with one attached hydrogen (secondary N) is 1. The van der Waals surface area contributed by atoms with Gasteiger partial charge >= 0.3 is 0 Å². The zero-order chi connectivity index (χ0) is 18.9. The van der Waals surface area contributed by atoms with E-state index in [1.807, 2.05) is 0 Å². The summed E-state index contributed by atoms with van der Waals surface area (Å²) in [5, 5.41) is 2.74. The summed E-state index contributed by atoms with van der Waals surface area (Å²) in [6.45, 7) is 0.934. The third kappa shape index (κ3) is 3.69. The molecule has 3 rings (SSSR count). The van der Waals surface area contributed by atoms with Gasteiger partial charge in [-0.15, -0.1) is 0 Å². The van der Waals surface area contributed by atoms with Crippen LogP contribution in [0.4, 0.5) is 5.69 Å². The van der Waals surface area contributed by atoms with Gasteiger partial charge in [-0.05, 0) is 46.3 Å². The second kappa shape index (κ2) is 7.26. The van der Waals surface area contributed by atoms with Gasteiger partial charge < -0.3 is 14.8 Å². The molecule has 0 aromatic heterocycles. The second-order valence-electron chi connectivity index (χ2n) is 5.75. The normalized spacial score (nSPS) is 13.5. The van der Waals surface area contributed by atoms with Crippen molar-refractivity contribution in [1.29, 1.82) is 0 Å². The van der Waals surface area contributed by atoms with Gasteiger partial charge in [0.15, 0.2) is 11.5 Å². The van der Waals surface area contributed by atoms with Crippen LogP contribution in [0.5, 0.6) is 11.5 Å². The highest BCUT2D eigenvalue weighted by Gasteiger charge is 2.22. The van der Waals surface area contributed by atoms with Crippen LogP contribution in [0.1, 0.15) is 10.4 Å². The van der Waals surface area contributed by atoms with Crippen molar-refractivity contribution in [3.8, 4) is 11.5 Å². The monoisotopic (exact) mass is 440 g/mol. The molecule has 0 atom stereocenters. The number of carbonyl (C=O) groups is 1. The molecule has 138 valence electrons. The van der Waals surface area contributed by atoms with Crippen LogP contribution in [0.15, 0.2) is 45.8 Å². The minimum absolute atomic E-state index is 0.0253. The summed E-state index contributed by atoms with van der Waals surface area (Å²) in [6, 6.07) is 9.51. The van der Waals surface area contributed by atoms with Crippen LogP contribution in [-0.4, -0.2) is 45.9 Å². The Bertz CT molecular complexity index is 960. The van der Waals surface area contributed by atoms with Crippen molar-refractivity contribution < 1.29 is 22.7 Å². The van der Waals surface area contributed by atoms with E-state index in [2.05, 4.69) is 21.2 Å². The summed E-state index contributed by atoms with van der Waals surface area (Å²) in [5.41, 5.74) is 0.752. The predicted molar refractivity (Wildman–Crippen MR) is 100 cm³/mol. The fourth-order valence-corrected chi connectivity index (χ4v) is 4.21. The summed E-state index contributed by atoms with van der Waals surface area (Å²) in [4.78, 5) is 12.6. The van der Waals surface area contributed by atoms with E-state index >= 15 is 0 Å². The molecule has 9 heteroatoms. The minimum Gasteiger partial charge on any atom is -0.486 e. The lowest BCUT2D eigenvalue weighted by molar-refractivity contribution is 0.102. The van der Waals surface area contributed by atoms with Crippen LogP contribution in [0.2, 0.25) is 0 Å². The summed E-state index contributed by atoms with van der Waals surface area (Å²) in [7, 11) is -0.810. The van der Waals surface area contributed by atoms with Crippen LogP contribution in [-0.2, 0) is 10.0 Å². The topological polar surface area (TPSA) is 84.9 Å². The van der Waals surface area contributed by atoms with Gasteiger partial charge in [-0.2, -0.15) is 0 Å². The predicted octanol–water partition coefficient (Wildman–Crippen LogP) is 2.72. The number of benzene rings is 2. The molecule has 0 fully saturated rings. The van der Waals surface area contributed by atoms with Gasteiger partial charge in [-0.3, -0.25) is 4.79 Å². The Labute approximate surface area is 160 Å². The lowest BCUT2D eigenvalue weighted by Gasteiger charge is -2.19. The maximum atomic E-state index is 12.5. The average molecular weight is 441 g/mol. The quantitative estimate of drug-likeness (QED) is 0.789. The minimum atomic E-state index is -3.68. The molecule has 1 heterocycles. The molecule has 26 heavy (non-hydrogen) atoms. The molecule has 1 N–H and O–H groups in total. The summed E-state index contributed by atoms with van der Waals surface area (Å²) in [6.07, 6.45) is 0. The molecule has 0 saturated heterocycles. The number of fused-ring (bicyclic) bond motifs is 1. The Morgan fingerprint density at radius 3 is 2.46 bits per heavy atom. The van der Waals surface area contributed by atoms with Crippen molar-refractivity contribution in [2.45, 2.75) is 4.90 Å². The molecular weight excluding hydrogens is 424 g/mol. The zero-order valence-corrected chi connectivity index (χ0v) is 16.6. The highest BCUT2D eigenvalue weighted by molar-refractivity contribution is 9.10. The van der Waals surface area contributed by atoms with E-state index < -0.39 is 15.9 Å². The Hall–Kier alpha value is -2.10. The van der Waals surface area contributed by atoms with E-state index in [0.717, 1.165) is 4.31 Å². The largest absolute Gasteiger partial charge is 0.486 e. The van der Waals surface area contributed by atoms with Crippen LogP contribution in [0.25, 0.3) is 0 Å². The van der Waals surface area contributed by atoms with Gasteiger partial charge in [0, 0.05) is 35.9 Å². The first-order valence-corrected chi connectivity index (χ1v) is 9.95. The number of nitrogens with zero attached hydrogens (tertiary/aromatic N) is 1. The van der Waals surface area contributed by atoms with Crippen molar-refractivity contribution in [2.24, 2.45) is 0 Å². The van der Waals surface area contributed by atoms with Crippen molar-refractivity contribution in [3.05, 3.63) is 46.4 Å². The van der Waals surface area contributed by atoms with Crippen molar-refractivity contribution in [2.75, 3.05) is 32.6 Å². The first kappa shape index (κ1) is 18.7. The van der Waals surface area contributed by atoms with Crippen molar-refractivity contribution >= 4 is 37.5 Å². The number of rotatable bonds is 4. The van der Waals surface area contributed by atoms with Gasteiger partial charge in [-0.25, -0.2) is 12.7 Å². The average Bonchev–Trinajstić information content (AvgIpc) is 2.61. The third-order valence-electron chi connectivity index (χ3n) is 3.75. The molecule has 0 radical (unpaired) electrons. The van der Waals surface area contributed by atoms with Crippen molar-refractivity contribution in [1.82, 2.24) is 4.31 Å². The Balaban J connectivity index is 1.87. The SMILES string of the molecule is CN(C)S(=O)(=O)c1cc(C(=O)Nc2ccc3c(c2)OCCO3)ccc1Br. The van der Waals surface area contributed by atoms with Crippen LogP contribution in [0, 0.1) is 0 Å². The van der Waals surface area contributed by atoms with Crippen LogP contribution in [0.3, 0.4) is 0 Å². The molecule has 0 bridgehead atoms. The molecule has 2 aromatic carbocycles. The third-order valence-corrected chi connectivity index (χ3v) is 6.56. The number of anilines is 1. The van der Waals surface area contributed by atoms with Gasteiger partial charge in [0.2, 0.25) is 10.0 Å². The van der Waals surface area contributed by atoms with Crippen LogP contribution >= 0.6 is 15.9 Å². The van der Waals surface area contributed by atoms with E-state index in [9.17, 15) is 13.2 Å². The van der Waals surface area contributed by atoms with E-state index in [1.165, 1.54) is 26.2 Å². The number of carbonyl (C=O) groups excluding carboxylic acids is 1. The Kier molecular flexibility index (Phi) is 5.22. The summed E-state index contributed by atoms with van der Waals surface area (Å²) < 4.78 is 37.2. The number of halogens is 1. The Morgan fingerprint density at radius 2 is 1.77 bits per heavy atom. The maximum absolute atomic E-state index is 12.5. The molecule has 0 aliphatic carbocycles. The maximum Gasteiger partial charge on any atom is 0.255 e. The lowest BCUT2D eigenvalue weighted by Crippen LogP contribution is -2.23. The number of sulfonamides is 1. The first-order valence-electron chi connectivity index (χ1n) is 7.72. The highest BCUT2D eigenvalue weighted by Crippen LogP contribution is 2.33. The van der Waals surface area contributed by atoms with Gasteiger partial charge in [0.25, 0.3) is 5.91 Å². The molecule has 1 aliphatic rings. The van der Waals surface area contributed by atoms with Crippen LogP contribution < -0.4 is 14.8 Å². The fourth-order valence-electron chi connectivity index (χ4n) is 2.36. The fraction of sp³-hybridized carbons (Fsp3) is 0.235. The summed E-state index contributed by atoms with van der Waals surface area (Å²) in [5.74, 6) is 0.752. The zero-order valence-electron chi connectivity index (χ0n) is 14.2. The summed E-state index contributed by atoms with van der Waals surface area (Å²) >= 11 is 3.22. The molecule has 7 nitrogen and oxygen atoms in total. The molecule has 1 aliphatic heterocycles. The van der Waals surface area contributed by atoms with Gasteiger partial charge in [0.1, 0.15) is 13.2 Å². The molecule has 0 spiro atoms. The van der Waals surface area contributed by atoms with Gasteiger partial charge in [0.05, 0.1) is 4.90 Å². The van der Waals surface area contributed by atoms with E-state index in [0.29, 0.717) is 34.9 Å². The van der Waals surface area contributed by atoms with E-state index in [1.54, 1.807) is 24.3 Å².